The molecule has 0 saturated carbocycles. The standard InChI is InChI=1S/C12H17NS.H2O/c1-5-10-7-8(3)12(14-10)9(4)11(13)6-2;/h5,7,11H,1,4,6,13H2,2-3H3;1H2. The second kappa shape index (κ2) is 5.85. The van der Waals surface area contributed by atoms with Crippen molar-refractivity contribution < 1.29 is 5.48 Å². The maximum atomic E-state index is 5.95. The van der Waals surface area contributed by atoms with Crippen LogP contribution < -0.4 is 5.73 Å². The van der Waals surface area contributed by atoms with Gasteiger partial charge in [-0.05, 0) is 30.5 Å². The first-order valence-corrected chi connectivity index (χ1v) is 5.59. The Hall–Kier alpha value is -0.900. The van der Waals surface area contributed by atoms with Crippen molar-refractivity contribution in [1.29, 1.82) is 0 Å². The average Bonchev–Trinajstić information content (AvgIpc) is 2.57. The van der Waals surface area contributed by atoms with Gasteiger partial charge in [-0.25, -0.2) is 0 Å². The lowest BCUT2D eigenvalue weighted by molar-refractivity contribution is 0.802. The van der Waals surface area contributed by atoms with E-state index in [9.17, 15) is 0 Å². The Balaban J connectivity index is 0.00000196. The monoisotopic (exact) mass is 225 g/mol. The van der Waals surface area contributed by atoms with Crippen LogP contribution in [-0.4, -0.2) is 11.5 Å². The summed E-state index contributed by atoms with van der Waals surface area (Å²) < 4.78 is 0. The fourth-order valence-electron chi connectivity index (χ4n) is 1.34. The molecule has 1 aromatic rings. The van der Waals surface area contributed by atoms with Crippen molar-refractivity contribution in [2.45, 2.75) is 26.3 Å². The Morgan fingerprint density at radius 3 is 2.67 bits per heavy atom. The second-order valence-electron chi connectivity index (χ2n) is 3.41. The minimum absolute atomic E-state index is 0. The number of rotatable bonds is 4. The molecule has 1 rings (SSSR count). The van der Waals surface area contributed by atoms with E-state index in [2.05, 4.69) is 33.1 Å². The molecule has 0 amide bonds. The molecule has 0 fully saturated rings. The van der Waals surface area contributed by atoms with E-state index in [-0.39, 0.29) is 11.5 Å². The molecule has 1 unspecified atom stereocenters. The Kier molecular flexibility index (Phi) is 5.50. The first kappa shape index (κ1) is 14.1. The summed E-state index contributed by atoms with van der Waals surface area (Å²) in [5.41, 5.74) is 8.24. The van der Waals surface area contributed by atoms with Crippen LogP contribution in [0.25, 0.3) is 11.6 Å². The third kappa shape index (κ3) is 3.02. The molecule has 3 heteroatoms. The maximum absolute atomic E-state index is 5.95. The van der Waals surface area contributed by atoms with Gasteiger partial charge >= 0.3 is 0 Å². The van der Waals surface area contributed by atoms with Crippen molar-refractivity contribution in [2.24, 2.45) is 5.73 Å². The Labute approximate surface area is 95.4 Å². The Morgan fingerprint density at radius 1 is 1.67 bits per heavy atom. The first-order chi connectivity index (χ1) is 6.60. The molecule has 1 aromatic heterocycles. The Morgan fingerprint density at radius 2 is 2.27 bits per heavy atom. The summed E-state index contributed by atoms with van der Waals surface area (Å²) in [7, 11) is 0. The van der Waals surface area contributed by atoms with Crippen LogP contribution >= 0.6 is 11.3 Å². The van der Waals surface area contributed by atoms with Crippen molar-refractivity contribution in [3.8, 4) is 0 Å². The summed E-state index contributed by atoms with van der Waals surface area (Å²) in [6, 6.07) is 2.20. The molecule has 0 bridgehead atoms. The molecule has 1 heterocycles. The lowest BCUT2D eigenvalue weighted by Crippen LogP contribution is -2.19. The van der Waals surface area contributed by atoms with E-state index in [1.807, 2.05) is 6.08 Å². The van der Waals surface area contributed by atoms with Crippen molar-refractivity contribution in [2.75, 3.05) is 0 Å². The third-order valence-corrected chi connectivity index (χ3v) is 3.63. The first-order valence-electron chi connectivity index (χ1n) is 4.77. The fraction of sp³-hybridized carbons (Fsp3) is 0.333. The molecular formula is C12H19NOS. The largest absolute Gasteiger partial charge is 0.412 e. The summed E-state index contributed by atoms with van der Waals surface area (Å²) in [6.45, 7) is 12.0. The predicted octanol–water partition coefficient (Wildman–Crippen LogP) is 2.63. The van der Waals surface area contributed by atoms with Gasteiger partial charge < -0.3 is 11.2 Å². The van der Waals surface area contributed by atoms with Crippen LogP contribution in [0.1, 0.15) is 28.7 Å². The summed E-state index contributed by atoms with van der Waals surface area (Å²) in [4.78, 5) is 2.40. The number of nitrogens with two attached hydrogens (primary N) is 1. The molecule has 1 atom stereocenters. The van der Waals surface area contributed by atoms with Crippen LogP contribution in [0.2, 0.25) is 0 Å². The van der Waals surface area contributed by atoms with Gasteiger partial charge in [0.2, 0.25) is 0 Å². The van der Waals surface area contributed by atoms with Crippen LogP contribution in [0.4, 0.5) is 0 Å². The molecule has 0 aliphatic carbocycles. The number of aryl methyl sites for hydroxylation is 1. The van der Waals surface area contributed by atoms with Gasteiger partial charge in [0.05, 0.1) is 0 Å². The van der Waals surface area contributed by atoms with Gasteiger partial charge in [0.15, 0.2) is 0 Å². The van der Waals surface area contributed by atoms with Crippen LogP contribution in [0.3, 0.4) is 0 Å². The fourth-order valence-corrected chi connectivity index (χ4v) is 2.40. The SMILES string of the molecule is C=Cc1cc(C)c(C(=C)C(N)CC)s1.O. The number of hydrogen-bond acceptors (Lipinski definition) is 2. The highest BCUT2D eigenvalue weighted by atomic mass is 32.1. The molecule has 2 nitrogen and oxygen atoms in total. The molecule has 0 saturated heterocycles. The van der Waals surface area contributed by atoms with E-state index >= 15 is 0 Å². The number of hydrogen-bond donors (Lipinski definition) is 1. The van der Waals surface area contributed by atoms with E-state index in [0.29, 0.717) is 0 Å². The van der Waals surface area contributed by atoms with Crippen LogP contribution in [0, 0.1) is 6.92 Å². The van der Waals surface area contributed by atoms with Gasteiger partial charge in [0.25, 0.3) is 0 Å². The summed E-state index contributed by atoms with van der Waals surface area (Å²) in [5, 5.41) is 0. The normalized spacial score (nSPS) is 11.7. The van der Waals surface area contributed by atoms with E-state index in [1.54, 1.807) is 11.3 Å². The zero-order valence-electron chi connectivity index (χ0n) is 9.34. The molecule has 0 aliphatic heterocycles. The summed E-state index contributed by atoms with van der Waals surface area (Å²) in [5.74, 6) is 0. The average molecular weight is 225 g/mol. The maximum Gasteiger partial charge on any atom is 0.0347 e. The minimum Gasteiger partial charge on any atom is -0.412 e. The van der Waals surface area contributed by atoms with Gasteiger partial charge in [0, 0.05) is 15.8 Å². The van der Waals surface area contributed by atoms with E-state index in [1.165, 1.54) is 15.3 Å². The predicted molar refractivity (Wildman–Crippen MR) is 70.1 cm³/mol. The molecule has 4 N–H and O–H groups in total. The highest BCUT2D eigenvalue weighted by Gasteiger charge is 2.12. The highest BCUT2D eigenvalue weighted by molar-refractivity contribution is 7.14. The summed E-state index contributed by atoms with van der Waals surface area (Å²) in [6.07, 6.45) is 2.80. The van der Waals surface area contributed by atoms with E-state index < -0.39 is 0 Å². The highest BCUT2D eigenvalue weighted by Crippen LogP contribution is 2.30. The number of thiophene rings is 1. The van der Waals surface area contributed by atoms with Gasteiger partial charge in [-0.15, -0.1) is 11.3 Å². The topological polar surface area (TPSA) is 57.5 Å². The van der Waals surface area contributed by atoms with Crippen LogP contribution in [0.15, 0.2) is 19.2 Å². The quantitative estimate of drug-likeness (QED) is 0.841. The molecular weight excluding hydrogens is 206 g/mol. The van der Waals surface area contributed by atoms with Gasteiger partial charge in [-0.3, -0.25) is 0 Å². The van der Waals surface area contributed by atoms with Crippen LogP contribution in [-0.2, 0) is 0 Å². The second-order valence-corrected chi connectivity index (χ2v) is 4.49. The van der Waals surface area contributed by atoms with Crippen LogP contribution in [0.5, 0.6) is 0 Å². The van der Waals surface area contributed by atoms with Gasteiger partial charge in [0.1, 0.15) is 0 Å². The van der Waals surface area contributed by atoms with E-state index in [0.717, 1.165) is 12.0 Å². The Bertz CT molecular complexity index is 355. The molecule has 84 valence electrons. The summed E-state index contributed by atoms with van der Waals surface area (Å²) >= 11 is 1.71. The zero-order chi connectivity index (χ0) is 10.7. The molecule has 15 heavy (non-hydrogen) atoms. The molecule has 0 aromatic carbocycles. The zero-order valence-corrected chi connectivity index (χ0v) is 10.2. The minimum atomic E-state index is 0. The molecule has 0 aliphatic rings. The van der Waals surface area contributed by atoms with Gasteiger partial charge in [-0.2, -0.15) is 0 Å². The molecule has 0 radical (unpaired) electrons. The van der Waals surface area contributed by atoms with Crippen molar-refractivity contribution in [1.82, 2.24) is 0 Å². The van der Waals surface area contributed by atoms with Crippen molar-refractivity contribution >= 4 is 23.0 Å². The van der Waals surface area contributed by atoms with Crippen molar-refractivity contribution in [3.05, 3.63) is 34.5 Å². The third-order valence-electron chi connectivity index (χ3n) is 2.32. The molecule has 0 spiro atoms. The lowest BCUT2D eigenvalue weighted by Gasteiger charge is -2.11. The van der Waals surface area contributed by atoms with E-state index in [4.69, 9.17) is 5.73 Å². The smallest absolute Gasteiger partial charge is 0.0347 e. The van der Waals surface area contributed by atoms with Crippen molar-refractivity contribution in [3.63, 3.8) is 0 Å². The van der Waals surface area contributed by atoms with Gasteiger partial charge in [-0.1, -0.05) is 26.2 Å². The lowest BCUT2D eigenvalue weighted by atomic mass is 10.0.